The predicted octanol–water partition coefficient (Wildman–Crippen LogP) is 3.18. The Hall–Kier alpha value is -0.710. The zero-order valence-electron chi connectivity index (χ0n) is 10.7. The number of hydrogen-bond donors (Lipinski definition) is 0. The highest BCUT2D eigenvalue weighted by Crippen LogP contribution is 2.18. The summed E-state index contributed by atoms with van der Waals surface area (Å²) in [5, 5.41) is 0. The minimum atomic E-state index is -0.392. The summed E-state index contributed by atoms with van der Waals surface area (Å²) in [7, 11) is 0. The van der Waals surface area contributed by atoms with Crippen molar-refractivity contribution >= 4 is 11.6 Å². The third kappa shape index (κ3) is 4.41. The highest BCUT2D eigenvalue weighted by atomic mass is 35.5. The van der Waals surface area contributed by atoms with Gasteiger partial charge < -0.3 is 4.74 Å². The van der Waals surface area contributed by atoms with Crippen LogP contribution in [0.4, 0.5) is 8.78 Å². The van der Waals surface area contributed by atoms with E-state index in [0.717, 1.165) is 32.0 Å². The Morgan fingerprint density at radius 2 is 2.00 bits per heavy atom. The van der Waals surface area contributed by atoms with Crippen LogP contribution < -0.4 is 0 Å². The van der Waals surface area contributed by atoms with Gasteiger partial charge in [0.2, 0.25) is 0 Å². The molecule has 1 aromatic carbocycles. The maximum atomic E-state index is 13.5. The van der Waals surface area contributed by atoms with E-state index in [0.29, 0.717) is 24.6 Å². The Morgan fingerprint density at radius 1 is 1.26 bits per heavy atom. The van der Waals surface area contributed by atoms with Crippen molar-refractivity contribution in [2.24, 2.45) is 0 Å². The fourth-order valence-corrected chi connectivity index (χ4v) is 2.44. The molecule has 1 saturated heterocycles. The van der Waals surface area contributed by atoms with Crippen molar-refractivity contribution in [2.75, 3.05) is 25.6 Å². The van der Waals surface area contributed by atoms with E-state index in [2.05, 4.69) is 4.90 Å². The molecule has 0 aromatic heterocycles. The molecule has 19 heavy (non-hydrogen) atoms. The van der Waals surface area contributed by atoms with E-state index >= 15 is 0 Å². The lowest BCUT2D eigenvalue weighted by Crippen LogP contribution is -2.37. The maximum absolute atomic E-state index is 13.5. The average Bonchev–Trinajstić information content (AvgIpc) is 2.42. The second-order valence-corrected chi connectivity index (χ2v) is 5.15. The van der Waals surface area contributed by atoms with Crippen molar-refractivity contribution in [1.29, 1.82) is 0 Å². The molecule has 1 aliphatic heterocycles. The number of hydrogen-bond acceptors (Lipinski definition) is 2. The molecule has 0 unspecified atom stereocenters. The van der Waals surface area contributed by atoms with E-state index in [9.17, 15) is 8.78 Å². The summed E-state index contributed by atoms with van der Waals surface area (Å²) in [6, 6.07) is 3.59. The van der Waals surface area contributed by atoms with Crippen LogP contribution in [-0.4, -0.2) is 36.6 Å². The largest absolute Gasteiger partial charge is 0.377 e. The zero-order valence-corrected chi connectivity index (χ0v) is 11.5. The standard InChI is InChI=1S/C14H18ClF2NO/c15-5-8-19-13-3-6-18(7-4-13)10-11-9-12(16)1-2-14(11)17/h1-2,9,13H,3-8,10H2. The number of benzene rings is 1. The molecule has 106 valence electrons. The molecule has 0 bridgehead atoms. The van der Waals surface area contributed by atoms with E-state index < -0.39 is 5.82 Å². The lowest BCUT2D eigenvalue weighted by atomic mass is 10.1. The summed E-state index contributed by atoms with van der Waals surface area (Å²) < 4.78 is 32.2. The number of ether oxygens (including phenoxy) is 1. The lowest BCUT2D eigenvalue weighted by Gasteiger charge is -2.31. The molecule has 0 amide bonds. The monoisotopic (exact) mass is 289 g/mol. The van der Waals surface area contributed by atoms with Gasteiger partial charge in [-0.05, 0) is 31.0 Å². The zero-order chi connectivity index (χ0) is 13.7. The van der Waals surface area contributed by atoms with Crippen LogP contribution in [0.5, 0.6) is 0 Å². The number of likely N-dealkylation sites (tertiary alicyclic amines) is 1. The molecule has 0 aliphatic carbocycles. The van der Waals surface area contributed by atoms with Gasteiger partial charge in [0, 0.05) is 31.1 Å². The van der Waals surface area contributed by atoms with Crippen LogP contribution in [0.3, 0.4) is 0 Å². The van der Waals surface area contributed by atoms with Gasteiger partial charge in [-0.2, -0.15) is 0 Å². The van der Waals surface area contributed by atoms with Gasteiger partial charge in [0.1, 0.15) is 11.6 Å². The second kappa shape index (κ2) is 7.17. The molecule has 0 atom stereocenters. The van der Waals surface area contributed by atoms with Gasteiger partial charge in [-0.15, -0.1) is 11.6 Å². The van der Waals surface area contributed by atoms with Crippen LogP contribution in [0.15, 0.2) is 18.2 Å². The highest BCUT2D eigenvalue weighted by molar-refractivity contribution is 6.17. The Kier molecular flexibility index (Phi) is 5.55. The predicted molar refractivity (Wildman–Crippen MR) is 71.3 cm³/mol. The fraction of sp³-hybridized carbons (Fsp3) is 0.571. The third-order valence-electron chi connectivity index (χ3n) is 3.37. The number of rotatable bonds is 5. The van der Waals surface area contributed by atoms with Crippen molar-refractivity contribution in [3.05, 3.63) is 35.4 Å². The van der Waals surface area contributed by atoms with Crippen LogP contribution in [0.25, 0.3) is 0 Å². The summed E-state index contributed by atoms with van der Waals surface area (Å²) in [5.41, 5.74) is 0.417. The Morgan fingerprint density at radius 3 is 2.68 bits per heavy atom. The number of alkyl halides is 1. The molecule has 5 heteroatoms. The molecule has 1 aliphatic rings. The minimum absolute atomic E-state index is 0.243. The summed E-state index contributed by atoms with van der Waals surface area (Å²) in [6.45, 7) is 2.70. The Labute approximate surface area is 117 Å². The first-order chi connectivity index (χ1) is 9.19. The highest BCUT2D eigenvalue weighted by Gasteiger charge is 2.20. The molecular weight excluding hydrogens is 272 g/mol. The molecule has 1 heterocycles. The molecule has 0 radical (unpaired) electrons. The van der Waals surface area contributed by atoms with Gasteiger partial charge in [-0.1, -0.05) is 0 Å². The first-order valence-electron chi connectivity index (χ1n) is 6.53. The third-order valence-corrected chi connectivity index (χ3v) is 3.52. The first kappa shape index (κ1) is 14.7. The summed E-state index contributed by atoms with van der Waals surface area (Å²) in [6.07, 6.45) is 2.06. The smallest absolute Gasteiger partial charge is 0.127 e. The van der Waals surface area contributed by atoms with Crippen molar-refractivity contribution in [1.82, 2.24) is 4.90 Å². The van der Waals surface area contributed by atoms with Gasteiger partial charge in [-0.25, -0.2) is 8.78 Å². The Bertz CT molecular complexity index is 408. The molecule has 1 aromatic rings. The van der Waals surface area contributed by atoms with Crippen molar-refractivity contribution < 1.29 is 13.5 Å². The van der Waals surface area contributed by atoms with Crippen molar-refractivity contribution in [3.8, 4) is 0 Å². The van der Waals surface area contributed by atoms with E-state index in [4.69, 9.17) is 16.3 Å². The van der Waals surface area contributed by atoms with Crippen LogP contribution in [-0.2, 0) is 11.3 Å². The van der Waals surface area contributed by atoms with E-state index in [1.165, 1.54) is 12.1 Å². The topological polar surface area (TPSA) is 12.5 Å². The van der Waals surface area contributed by atoms with Gasteiger partial charge in [-0.3, -0.25) is 4.90 Å². The SMILES string of the molecule is Fc1ccc(F)c(CN2CCC(OCCCl)CC2)c1. The molecule has 0 saturated carbocycles. The second-order valence-electron chi connectivity index (χ2n) is 4.77. The summed E-state index contributed by atoms with van der Waals surface area (Å²) in [4.78, 5) is 2.12. The number of nitrogens with zero attached hydrogens (tertiary/aromatic N) is 1. The molecule has 2 nitrogen and oxygen atoms in total. The van der Waals surface area contributed by atoms with E-state index in [-0.39, 0.29) is 11.9 Å². The van der Waals surface area contributed by atoms with Crippen LogP contribution >= 0.6 is 11.6 Å². The molecular formula is C14H18ClF2NO. The molecule has 0 N–H and O–H groups in total. The van der Waals surface area contributed by atoms with Gasteiger partial charge in [0.05, 0.1) is 12.7 Å². The number of halogens is 3. The molecule has 2 rings (SSSR count). The van der Waals surface area contributed by atoms with Gasteiger partial charge in [0.15, 0.2) is 0 Å². The average molecular weight is 290 g/mol. The minimum Gasteiger partial charge on any atom is -0.377 e. The molecule has 0 spiro atoms. The maximum Gasteiger partial charge on any atom is 0.127 e. The van der Waals surface area contributed by atoms with Crippen LogP contribution in [0, 0.1) is 11.6 Å². The van der Waals surface area contributed by atoms with Crippen molar-refractivity contribution in [2.45, 2.75) is 25.5 Å². The normalized spacial score (nSPS) is 17.8. The van der Waals surface area contributed by atoms with Crippen molar-refractivity contribution in [3.63, 3.8) is 0 Å². The molecule has 1 fully saturated rings. The fourth-order valence-electron chi connectivity index (χ4n) is 2.35. The van der Waals surface area contributed by atoms with Crippen LogP contribution in [0.2, 0.25) is 0 Å². The number of piperidine rings is 1. The van der Waals surface area contributed by atoms with Gasteiger partial charge in [0.25, 0.3) is 0 Å². The van der Waals surface area contributed by atoms with E-state index in [1.807, 2.05) is 0 Å². The van der Waals surface area contributed by atoms with E-state index in [1.54, 1.807) is 0 Å². The summed E-state index contributed by atoms with van der Waals surface area (Å²) >= 11 is 5.58. The first-order valence-corrected chi connectivity index (χ1v) is 7.06. The summed E-state index contributed by atoms with van der Waals surface area (Å²) in [5.74, 6) is -0.229. The van der Waals surface area contributed by atoms with Crippen LogP contribution in [0.1, 0.15) is 18.4 Å². The quantitative estimate of drug-likeness (QED) is 0.772. The Balaban J connectivity index is 1.83. The lowest BCUT2D eigenvalue weighted by molar-refractivity contribution is 0.0132. The van der Waals surface area contributed by atoms with Gasteiger partial charge >= 0.3 is 0 Å².